The largest absolute Gasteiger partial charge is 0.497 e. The molecule has 0 aliphatic carbocycles. The van der Waals surface area contributed by atoms with Crippen LogP contribution in [0.1, 0.15) is 17.2 Å². The average molecular weight is 310 g/mol. The SMILES string of the molecule is COc1ccc(C(N)c2cccc(Br)c2F)cc1. The van der Waals surface area contributed by atoms with Crippen LogP contribution >= 0.6 is 15.9 Å². The van der Waals surface area contributed by atoms with E-state index < -0.39 is 6.04 Å². The van der Waals surface area contributed by atoms with Gasteiger partial charge >= 0.3 is 0 Å². The van der Waals surface area contributed by atoms with E-state index in [9.17, 15) is 4.39 Å². The molecule has 2 aromatic rings. The fourth-order valence-corrected chi connectivity index (χ4v) is 2.13. The van der Waals surface area contributed by atoms with Gasteiger partial charge in [0.05, 0.1) is 17.6 Å². The summed E-state index contributed by atoms with van der Waals surface area (Å²) in [6.45, 7) is 0. The van der Waals surface area contributed by atoms with Crippen LogP contribution in [0.5, 0.6) is 5.75 Å². The van der Waals surface area contributed by atoms with Gasteiger partial charge in [-0.1, -0.05) is 24.3 Å². The Hall–Kier alpha value is -1.39. The van der Waals surface area contributed by atoms with E-state index in [1.54, 1.807) is 25.3 Å². The quantitative estimate of drug-likeness (QED) is 0.939. The topological polar surface area (TPSA) is 35.2 Å². The maximum atomic E-state index is 13.9. The molecule has 0 radical (unpaired) electrons. The average Bonchev–Trinajstić information content (AvgIpc) is 2.41. The van der Waals surface area contributed by atoms with Crippen molar-refractivity contribution in [3.8, 4) is 5.75 Å². The lowest BCUT2D eigenvalue weighted by Gasteiger charge is -2.14. The highest BCUT2D eigenvalue weighted by molar-refractivity contribution is 9.10. The van der Waals surface area contributed by atoms with Gasteiger partial charge in [-0.25, -0.2) is 4.39 Å². The van der Waals surface area contributed by atoms with Gasteiger partial charge in [-0.15, -0.1) is 0 Å². The van der Waals surface area contributed by atoms with Gasteiger partial charge in [0.25, 0.3) is 0 Å². The summed E-state index contributed by atoms with van der Waals surface area (Å²) in [5, 5.41) is 0. The number of methoxy groups -OCH3 is 1. The summed E-state index contributed by atoms with van der Waals surface area (Å²) < 4.78 is 19.4. The molecule has 4 heteroatoms. The van der Waals surface area contributed by atoms with Gasteiger partial charge in [0.15, 0.2) is 0 Å². The molecule has 0 saturated carbocycles. The lowest BCUT2D eigenvalue weighted by Crippen LogP contribution is -2.13. The van der Waals surface area contributed by atoms with Crippen molar-refractivity contribution in [2.75, 3.05) is 7.11 Å². The van der Waals surface area contributed by atoms with Crippen molar-refractivity contribution < 1.29 is 9.13 Å². The van der Waals surface area contributed by atoms with E-state index >= 15 is 0 Å². The highest BCUT2D eigenvalue weighted by atomic mass is 79.9. The Balaban J connectivity index is 2.35. The number of halogens is 2. The standard InChI is InChI=1S/C14H13BrFNO/c1-18-10-7-5-9(6-8-10)14(17)11-3-2-4-12(15)13(11)16/h2-8,14H,17H2,1H3. The first kappa shape index (κ1) is 13.1. The zero-order chi connectivity index (χ0) is 13.1. The van der Waals surface area contributed by atoms with Crippen LogP contribution in [0.4, 0.5) is 4.39 Å². The monoisotopic (exact) mass is 309 g/mol. The van der Waals surface area contributed by atoms with Crippen LogP contribution in [0.3, 0.4) is 0 Å². The minimum absolute atomic E-state index is 0.319. The molecule has 18 heavy (non-hydrogen) atoms. The number of hydrogen-bond acceptors (Lipinski definition) is 2. The lowest BCUT2D eigenvalue weighted by molar-refractivity contribution is 0.414. The van der Waals surface area contributed by atoms with E-state index in [1.807, 2.05) is 24.3 Å². The molecule has 0 aromatic heterocycles. The Kier molecular flexibility index (Phi) is 3.99. The number of ether oxygens (including phenoxy) is 1. The first-order chi connectivity index (χ1) is 8.63. The summed E-state index contributed by atoms with van der Waals surface area (Å²) in [6, 6.07) is 11.9. The van der Waals surface area contributed by atoms with Crippen molar-refractivity contribution in [1.29, 1.82) is 0 Å². The van der Waals surface area contributed by atoms with Gasteiger partial charge in [-0.05, 0) is 39.7 Å². The molecule has 2 rings (SSSR count). The second-order valence-electron chi connectivity index (χ2n) is 3.89. The van der Waals surface area contributed by atoms with Crippen molar-refractivity contribution in [3.05, 3.63) is 63.9 Å². The Morgan fingerprint density at radius 3 is 2.44 bits per heavy atom. The van der Waals surface area contributed by atoms with Crippen LogP contribution in [0.25, 0.3) is 0 Å². The van der Waals surface area contributed by atoms with Crippen LogP contribution in [0.2, 0.25) is 0 Å². The minimum atomic E-state index is -0.492. The van der Waals surface area contributed by atoms with Crippen molar-refractivity contribution >= 4 is 15.9 Å². The third-order valence-corrected chi connectivity index (χ3v) is 3.40. The van der Waals surface area contributed by atoms with Crippen LogP contribution in [-0.2, 0) is 0 Å². The van der Waals surface area contributed by atoms with E-state index in [2.05, 4.69) is 15.9 Å². The second-order valence-corrected chi connectivity index (χ2v) is 4.75. The Morgan fingerprint density at radius 1 is 1.17 bits per heavy atom. The van der Waals surface area contributed by atoms with E-state index in [1.165, 1.54) is 0 Å². The fourth-order valence-electron chi connectivity index (χ4n) is 1.75. The predicted molar refractivity (Wildman–Crippen MR) is 73.1 cm³/mol. The Labute approximate surface area is 114 Å². The molecule has 0 amide bonds. The predicted octanol–water partition coefficient (Wildman–Crippen LogP) is 3.64. The molecule has 2 aromatic carbocycles. The Bertz CT molecular complexity index is 542. The highest BCUT2D eigenvalue weighted by Gasteiger charge is 2.15. The van der Waals surface area contributed by atoms with Crippen molar-refractivity contribution in [3.63, 3.8) is 0 Å². The smallest absolute Gasteiger partial charge is 0.142 e. The molecule has 0 aliphatic heterocycles. The van der Waals surface area contributed by atoms with Gasteiger partial charge < -0.3 is 10.5 Å². The minimum Gasteiger partial charge on any atom is -0.497 e. The second kappa shape index (κ2) is 5.50. The summed E-state index contributed by atoms with van der Waals surface area (Å²) >= 11 is 3.16. The third-order valence-electron chi connectivity index (χ3n) is 2.79. The summed E-state index contributed by atoms with van der Waals surface area (Å²) in [5.41, 5.74) is 7.38. The van der Waals surface area contributed by atoms with Crippen LogP contribution in [0, 0.1) is 5.82 Å². The molecule has 0 spiro atoms. The van der Waals surface area contributed by atoms with E-state index in [-0.39, 0.29) is 5.82 Å². The van der Waals surface area contributed by atoms with Gasteiger partial charge in [-0.3, -0.25) is 0 Å². The molecule has 0 aliphatic rings. The highest BCUT2D eigenvalue weighted by Crippen LogP contribution is 2.27. The molecular weight excluding hydrogens is 297 g/mol. The normalized spacial score (nSPS) is 12.2. The molecule has 2 nitrogen and oxygen atoms in total. The first-order valence-electron chi connectivity index (χ1n) is 5.47. The number of nitrogens with two attached hydrogens (primary N) is 1. The van der Waals surface area contributed by atoms with E-state index in [0.29, 0.717) is 10.0 Å². The first-order valence-corrected chi connectivity index (χ1v) is 6.26. The third kappa shape index (κ3) is 2.54. The maximum Gasteiger partial charge on any atom is 0.142 e. The van der Waals surface area contributed by atoms with Crippen LogP contribution in [0.15, 0.2) is 46.9 Å². The summed E-state index contributed by atoms with van der Waals surface area (Å²) in [6.07, 6.45) is 0. The van der Waals surface area contributed by atoms with Gasteiger partial charge in [-0.2, -0.15) is 0 Å². The summed E-state index contributed by atoms with van der Waals surface area (Å²) in [4.78, 5) is 0. The molecule has 0 bridgehead atoms. The van der Waals surface area contributed by atoms with Crippen molar-refractivity contribution in [2.45, 2.75) is 6.04 Å². The number of hydrogen-bond donors (Lipinski definition) is 1. The number of benzene rings is 2. The van der Waals surface area contributed by atoms with Gasteiger partial charge in [0, 0.05) is 5.56 Å². The maximum absolute atomic E-state index is 13.9. The van der Waals surface area contributed by atoms with Crippen molar-refractivity contribution in [2.24, 2.45) is 5.73 Å². The Morgan fingerprint density at radius 2 is 1.83 bits per heavy atom. The van der Waals surface area contributed by atoms with Crippen LogP contribution < -0.4 is 10.5 Å². The zero-order valence-electron chi connectivity index (χ0n) is 9.86. The van der Waals surface area contributed by atoms with Gasteiger partial charge in [0.1, 0.15) is 11.6 Å². The molecule has 0 heterocycles. The van der Waals surface area contributed by atoms with E-state index in [4.69, 9.17) is 10.5 Å². The van der Waals surface area contributed by atoms with Crippen LogP contribution in [-0.4, -0.2) is 7.11 Å². The summed E-state index contributed by atoms with van der Waals surface area (Å²) in [7, 11) is 1.60. The fraction of sp³-hybridized carbons (Fsp3) is 0.143. The molecule has 0 fully saturated rings. The lowest BCUT2D eigenvalue weighted by atomic mass is 9.99. The summed E-state index contributed by atoms with van der Waals surface area (Å²) in [5.74, 6) is 0.432. The molecule has 1 unspecified atom stereocenters. The molecule has 1 atom stereocenters. The zero-order valence-corrected chi connectivity index (χ0v) is 11.4. The molecule has 94 valence electrons. The van der Waals surface area contributed by atoms with E-state index in [0.717, 1.165) is 11.3 Å². The van der Waals surface area contributed by atoms with Crippen molar-refractivity contribution in [1.82, 2.24) is 0 Å². The molecule has 2 N–H and O–H groups in total. The molecule has 0 saturated heterocycles. The molecular formula is C14H13BrFNO. The number of rotatable bonds is 3. The van der Waals surface area contributed by atoms with Gasteiger partial charge in [0.2, 0.25) is 0 Å².